The fourth-order valence-corrected chi connectivity index (χ4v) is 2.69. The van der Waals surface area contributed by atoms with E-state index in [1.807, 2.05) is 0 Å². The van der Waals surface area contributed by atoms with Gasteiger partial charge in [0.15, 0.2) is 0 Å². The van der Waals surface area contributed by atoms with Crippen LogP contribution < -0.4 is 21.3 Å². The molecule has 1 saturated heterocycles. The number of aromatic nitrogens is 2. The highest BCUT2D eigenvalue weighted by atomic mass is 19.4. The molecule has 0 spiro atoms. The van der Waals surface area contributed by atoms with Crippen molar-refractivity contribution >= 4 is 29.4 Å². The van der Waals surface area contributed by atoms with Gasteiger partial charge in [0, 0.05) is 11.9 Å². The first-order chi connectivity index (χ1) is 13.5. The largest absolute Gasteiger partial charge is 0.416 e. The molecule has 3 amide bonds. The number of amides is 3. The molecule has 8 nitrogen and oxygen atoms in total. The zero-order valence-electron chi connectivity index (χ0n) is 15.2. The van der Waals surface area contributed by atoms with Crippen molar-refractivity contribution in [3.63, 3.8) is 0 Å². The Balaban J connectivity index is 1.80. The van der Waals surface area contributed by atoms with Gasteiger partial charge in [0.1, 0.15) is 11.4 Å². The molecule has 152 valence electrons. The maximum absolute atomic E-state index is 12.8. The Labute approximate surface area is 163 Å². The first-order valence-corrected chi connectivity index (χ1v) is 8.37. The van der Waals surface area contributed by atoms with Gasteiger partial charge in [-0.05, 0) is 25.1 Å². The number of alkyl halides is 3. The molecule has 2 aromatic rings. The predicted octanol–water partition coefficient (Wildman–Crippen LogP) is 2.80. The SMILES string of the molecule is C=CC1(C)CN(c2ncc(C(=O)Nc3cccc(C(F)(F)F)c3)c(N)n2)C(=O)N1. The number of carbonyl (C=O) groups excluding carboxylic acids is 2. The molecule has 0 saturated carbocycles. The van der Waals surface area contributed by atoms with E-state index in [1.54, 1.807) is 13.0 Å². The third-order valence-corrected chi connectivity index (χ3v) is 4.31. The van der Waals surface area contributed by atoms with Crippen LogP contribution in [0.25, 0.3) is 0 Å². The summed E-state index contributed by atoms with van der Waals surface area (Å²) in [5, 5.41) is 5.04. The van der Waals surface area contributed by atoms with Crippen molar-refractivity contribution in [2.45, 2.75) is 18.6 Å². The van der Waals surface area contributed by atoms with Crippen LogP contribution in [0, 0.1) is 0 Å². The van der Waals surface area contributed by atoms with Crippen LogP contribution in [0.2, 0.25) is 0 Å². The number of rotatable bonds is 4. The molecule has 1 atom stereocenters. The van der Waals surface area contributed by atoms with Crippen LogP contribution in [0.1, 0.15) is 22.8 Å². The number of anilines is 3. The summed E-state index contributed by atoms with van der Waals surface area (Å²) in [4.78, 5) is 33.7. The first-order valence-electron chi connectivity index (χ1n) is 8.37. The molecule has 29 heavy (non-hydrogen) atoms. The number of halogens is 3. The Morgan fingerprint density at radius 1 is 1.45 bits per heavy atom. The van der Waals surface area contributed by atoms with Gasteiger partial charge in [0.05, 0.1) is 17.6 Å². The number of nitrogen functional groups attached to an aromatic ring is 1. The van der Waals surface area contributed by atoms with Crippen molar-refractivity contribution < 1.29 is 22.8 Å². The molecule has 0 radical (unpaired) electrons. The van der Waals surface area contributed by atoms with Crippen molar-refractivity contribution in [1.29, 1.82) is 0 Å². The van der Waals surface area contributed by atoms with Gasteiger partial charge in [-0.15, -0.1) is 6.58 Å². The van der Waals surface area contributed by atoms with E-state index >= 15 is 0 Å². The lowest BCUT2D eigenvalue weighted by molar-refractivity contribution is -0.137. The van der Waals surface area contributed by atoms with E-state index in [2.05, 4.69) is 27.2 Å². The highest BCUT2D eigenvalue weighted by Crippen LogP contribution is 2.31. The van der Waals surface area contributed by atoms with E-state index < -0.39 is 29.2 Å². The first kappa shape index (κ1) is 20.1. The number of hydrogen-bond donors (Lipinski definition) is 3. The number of hydrogen-bond acceptors (Lipinski definition) is 5. The lowest BCUT2D eigenvalue weighted by atomic mass is 10.1. The van der Waals surface area contributed by atoms with E-state index in [-0.39, 0.29) is 29.6 Å². The summed E-state index contributed by atoms with van der Waals surface area (Å²) in [5.41, 5.74) is 4.04. The van der Waals surface area contributed by atoms with Crippen LogP contribution in [0.4, 0.5) is 35.4 Å². The zero-order chi connectivity index (χ0) is 21.4. The van der Waals surface area contributed by atoms with E-state index in [4.69, 9.17) is 5.73 Å². The summed E-state index contributed by atoms with van der Waals surface area (Å²) in [6.07, 6.45) is -1.86. The predicted molar refractivity (Wildman–Crippen MR) is 100 cm³/mol. The van der Waals surface area contributed by atoms with Gasteiger partial charge >= 0.3 is 12.2 Å². The second-order valence-electron chi connectivity index (χ2n) is 6.64. The molecule has 11 heteroatoms. The monoisotopic (exact) mass is 406 g/mol. The molecule has 1 aromatic carbocycles. The molecule has 1 aliphatic heterocycles. The Morgan fingerprint density at radius 3 is 2.76 bits per heavy atom. The highest BCUT2D eigenvalue weighted by Gasteiger charge is 2.38. The number of carbonyl (C=O) groups is 2. The number of nitrogens with two attached hydrogens (primary N) is 1. The highest BCUT2D eigenvalue weighted by molar-refractivity contribution is 6.07. The Bertz CT molecular complexity index is 994. The molecule has 0 bridgehead atoms. The van der Waals surface area contributed by atoms with Crippen LogP contribution in [-0.4, -0.2) is 34.0 Å². The summed E-state index contributed by atoms with van der Waals surface area (Å²) in [6, 6.07) is 3.72. The molecule has 0 aliphatic carbocycles. The zero-order valence-corrected chi connectivity index (χ0v) is 15.2. The topological polar surface area (TPSA) is 113 Å². The van der Waals surface area contributed by atoms with Crippen LogP contribution >= 0.6 is 0 Å². The smallest absolute Gasteiger partial charge is 0.383 e. The molecular weight excluding hydrogens is 389 g/mol. The van der Waals surface area contributed by atoms with Crippen molar-refractivity contribution in [3.8, 4) is 0 Å². The van der Waals surface area contributed by atoms with Crippen LogP contribution in [-0.2, 0) is 6.18 Å². The minimum atomic E-state index is -4.54. The van der Waals surface area contributed by atoms with Gasteiger partial charge in [-0.1, -0.05) is 12.1 Å². The Kier molecular flexibility index (Phi) is 4.91. The second kappa shape index (κ2) is 7.08. The minimum absolute atomic E-state index is 0.0128. The lowest BCUT2D eigenvalue weighted by Gasteiger charge is -2.18. The van der Waals surface area contributed by atoms with E-state index in [1.165, 1.54) is 17.0 Å². The van der Waals surface area contributed by atoms with Crippen LogP contribution in [0.15, 0.2) is 43.1 Å². The summed E-state index contributed by atoms with van der Waals surface area (Å²) in [6.45, 7) is 5.64. The molecule has 1 unspecified atom stereocenters. The van der Waals surface area contributed by atoms with E-state index in [9.17, 15) is 22.8 Å². The van der Waals surface area contributed by atoms with Gasteiger partial charge in [-0.2, -0.15) is 18.2 Å². The normalized spacial score (nSPS) is 19.0. The molecule has 1 aliphatic rings. The second-order valence-corrected chi connectivity index (χ2v) is 6.64. The van der Waals surface area contributed by atoms with Gasteiger partial charge in [0.25, 0.3) is 5.91 Å². The third kappa shape index (κ3) is 4.13. The van der Waals surface area contributed by atoms with Gasteiger partial charge in [0.2, 0.25) is 5.95 Å². The van der Waals surface area contributed by atoms with Crippen LogP contribution in [0.3, 0.4) is 0 Å². The number of benzene rings is 1. The summed E-state index contributed by atoms with van der Waals surface area (Å²) in [5.74, 6) is -1.02. The average Bonchev–Trinajstić information content (AvgIpc) is 2.96. The molecule has 4 N–H and O–H groups in total. The van der Waals surface area contributed by atoms with Gasteiger partial charge in [-0.3, -0.25) is 9.69 Å². The van der Waals surface area contributed by atoms with Crippen molar-refractivity contribution in [2.24, 2.45) is 0 Å². The maximum Gasteiger partial charge on any atom is 0.416 e. The number of nitrogens with zero attached hydrogens (tertiary/aromatic N) is 3. The molecule has 1 aromatic heterocycles. The average molecular weight is 406 g/mol. The number of nitrogens with one attached hydrogen (secondary N) is 2. The third-order valence-electron chi connectivity index (χ3n) is 4.31. The Hall–Kier alpha value is -3.63. The van der Waals surface area contributed by atoms with Crippen molar-refractivity contribution in [1.82, 2.24) is 15.3 Å². The van der Waals surface area contributed by atoms with Crippen LogP contribution in [0.5, 0.6) is 0 Å². The van der Waals surface area contributed by atoms with E-state index in [0.29, 0.717) is 0 Å². The maximum atomic E-state index is 12.8. The van der Waals surface area contributed by atoms with Crippen molar-refractivity contribution in [3.05, 3.63) is 54.2 Å². The standard InChI is InChI=1S/C18H17F3N6O2/c1-3-17(2)9-27(16(29)26-17)15-23-8-12(13(22)25-15)14(28)24-11-6-4-5-10(7-11)18(19,20)21/h3-8H,1,9H2,2H3,(H,24,28)(H,26,29)(H2,22,23,25). The lowest BCUT2D eigenvalue weighted by Crippen LogP contribution is -2.37. The molecule has 3 rings (SSSR count). The van der Waals surface area contributed by atoms with Crippen molar-refractivity contribution in [2.75, 3.05) is 22.5 Å². The fraction of sp³-hybridized carbons (Fsp3) is 0.222. The fourth-order valence-electron chi connectivity index (χ4n) is 2.69. The van der Waals surface area contributed by atoms with E-state index in [0.717, 1.165) is 18.3 Å². The Morgan fingerprint density at radius 2 is 2.17 bits per heavy atom. The quantitative estimate of drug-likeness (QED) is 0.676. The molecule has 2 heterocycles. The number of urea groups is 1. The van der Waals surface area contributed by atoms with Gasteiger partial charge in [-0.25, -0.2) is 9.78 Å². The molecular formula is C18H17F3N6O2. The molecule has 1 fully saturated rings. The summed E-state index contributed by atoms with van der Waals surface area (Å²) in [7, 11) is 0. The summed E-state index contributed by atoms with van der Waals surface area (Å²) < 4.78 is 38.4. The minimum Gasteiger partial charge on any atom is -0.383 e. The summed E-state index contributed by atoms with van der Waals surface area (Å²) >= 11 is 0. The van der Waals surface area contributed by atoms with Gasteiger partial charge < -0.3 is 16.4 Å².